The number of rotatable bonds is 1. The Bertz CT molecular complexity index is 524. The van der Waals surface area contributed by atoms with Crippen molar-refractivity contribution in [2.45, 2.75) is 20.8 Å². The molecule has 3 nitrogen and oxygen atoms in total. The van der Waals surface area contributed by atoms with Gasteiger partial charge in [0.25, 0.3) is 0 Å². The van der Waals surface area contributed by atoms with Gasteiger partial charge < -0.3 is 0 Å². The highest BCUT2D eigenvalue weighted by Crippen LogP contribution is 2.19. The first-order chi connectivity index (χ1) is 6.98. The smallest absolute Gasteiger partial charge is 0.168 e. The van der Waals surface area contributed by atoms with Crippen molar-refractivity contribution in [1.82, 2.24) is 0 Å². The van der Waals surface area contributed by atoms with Crippen molar-refractivity contribution < 1.29 is 4.79 Å². The van der Waals surface area contributed by atoms with E-state index in [1.54, 1.807) is 0 Å². The molecule has 1 aromatic carbocycles. The van der Waals surface area contributed by atoms with Gasteiger partial charge in [-0.3, -0.25) is 14.8 Å². The molecular weight excluding hydrogens is 188 g/mol. The molecule has 1 aromatic rings. The van der Waals surface area contributed by atoms with Crippen molar-refractivity contribution in [3.8, 4) is 0 Å². The fourth-order valence-electron chi connectivity index (χ4n) is 1.55. The fourth-order valence-corrected chi connectivity index (χ4v) is 1.55. The van der Waals surface area contributed by atoms with E-state index >= 15 is 0 Å². The number of carbonyl (C=O) groups excluding carboxylic acids is 1. The molecule has 0 fully saturated rings. The first-order valence-corrected chi connectivity index (χ1v) is 5.02. The number of Topliss-reactive ketones (excluding diaryl/α,β-unsaturated/α-hetero) is 1. The molecule has 1 aliphatic rings. The summed E-state index contributed by atoms with van der Waals surface area (Å²) in [6, 6.07) is 5.53. The van der Waals surface area contributed by atoms with Crippen LogP contribution in [0.4, 0.5) is 0 Å². The Balaban J connectivity index is 2.50. The maximum absolute atomic E-state index is 12.0. The van der Waals surface area contributed by atoms with Gasteiger partial charge in [-0.25, -0.2) is 0 Å². The second kappa shape index (κ2) is 3.26. The molecule has 0 saturated carbocycles. The standard InChI is InChI=1S/C12H14N2O/c1-12(2,3)11(15)8-4-5-9-10(6-8)14-7-13-9/h4-6H,7H2,1-3H3. The molecule has 0 bridgehead atoms. The summed E-state index contributed by atoms with van der Waals surface area (Å²) in [7, 11) is 0. The van der Waals surface area contributed by atoms with Crippen LogP contribution >= 0.6 is 0 Å². The van der Waals surface area contributed by atoms with Crippen LogP contribution in [-0.4, -0.2) is 12.5 Å². The third-order valence-electron chi connectivity index (χ3n) is 2.40. The molecule has 0 saturated heterocycles. The fraction of sp³-hybridized carbons (Fsp3) is 0.417. The quantitative estimate of drug-likeness (QED) is 0.629. The molecular formula is C12H14N2O. The second-order valence-corrected chi connectivity index (χ2v) is 4.74. The third kappa shape index (κ3) is 1.82. The van der Waals surface area contributed by atoms with Gasteiger partial charge in [0.15, 0.2) is 5.78 Å². The lowest BCUT2D eigenvalue weighted by Crippen LogP contribution is -2.26. The molecule has 1 aliphatic heterocycles. The molecule has 0 N–H and O–H groups in total. The summed E-state index contributed by atoms with van der Waals surface area (Å²) in [6.45, 7) is 6.25. The largest absolute Gasteiger partial charge is 0.294 e. The predicted molar refractivity (Wildman–Crippen MR) is 57.4 cm³/mol. The maximum Gasteiger partial charge on any atom is 0.168 e. The minimum Gasteiger partial charge on any atom is -0.294 e. The van der Waals surface area contributed by atoms with E-state index in [2.05, 4.69) is 9.98 Å². The lowest BCUT2D eigenvalue weighted by Gasteiger charge is -2.16. The first-order valence-electron chi connectivity index (χ1n) is 5.02. The van der Waals surface area contributed by atoms with Crippen LogP contribution in [-0.2, 0) is 0 Å². The lowest BCUT2D eigenvalue weighted by molar-refractivity contribution is 0.0858. The van der Waals surface area contributed by atoms with E-state index in [-0.39, 0.29) is 11.2 Å². The molecule has 1 heterocycles. The zero-order valence-corrected chi connectivity index (χ0v) is 9.24. The topological polar surface area (TPSA) is 41.8 Å². The van der Waals surface area contributed by atoms with Gasteiger partial charge in [-0.05, 0) is 18.2 Å². The van der Waals surface area contributed by atoms with E-state index in [0.29, 0.717) is 6.67 Å². The minimum atomic E-state index is -0.343. The van der Waals surface area contributed by atoms with E-state index in [1.807, 2.05) is 39.0 Å². The first kappa shape index (κ1) is 10.0. The normalized spacial score (nSPS) is 14.1. The average molecular weight is 202 g/mol. The summed E-state index contributed by atoms with van der Waals surface area (Å²) in [6.07, 6.45) is 0. The molecule has 2 rings (SSSR count). The van der Waals surface area contributed by atoms with Crippen molar-refractivity contribution in [3.05, 3.63) is 34.5 Å². The number of hydrogen-bond donors (Lipinski definition) is 0. The van der Waals surface area contributed by atoms with Crippen LogP contribution in [0.5, 0.6) is 0 Å². The Morgan fingerprint density at radius 2 is 1.87 bits per heavy atom. The summed E-state index contributed by atoms with van der Waals surface area (Å²) in [5.41, 5.74) is 0.381. The summed E-state index contributed by atoms with van der Waals surface area (Å²) in [4.78, 5) is 20.4. The highest BCUT2D eigenvalue weighted by atomic mass is 16.1. The molecule has 15 heavy (non-hydrogen) atoms. The number of carbonyl (C=O) groups is 1. The van der Waals surface area contributed by atoms with Crippen LogP contribution in [0.2, 0.25) is 0 Å². The zero-order valence-electron chi connectivity index (χ0n) is 9.24. The van der Waals surface area contributed by atoms with Gasteiger partial charge in [0.2, 0.25) is 0 Å². The summed E-state index contributed by atoms with van der Waals surface area (Å²) in [5, 5.41) is 1.73. The molecule has 78 valence electrons. The van der Waals surface area contributed by atoms with E-state index < -0.39 is 0 Å². The molecule has 0 unspecified atom stereocenters. The van der Waals surface area contributed by atoms with Gasteiger partial charge in [0.05, 0.1) is 10.7 Å². The van der Waals surface area contributed by atoms with Gasteiger partial charge in [-0.2, -0.15) is 0 Å². The van der Waals surface area contributed by atoms with E-state index in [9.17, 15) is 4.79 Å². The third-order valence-corrected chi connectivity index (χ3v) is 2.40. The number of fused-ring (bicyclic) bond motifs is 1. The molecule has 0 atom stereocenters. The van der Waals surface area contributed by atoms with Crippen molar-refractivity contribution in [2.24, 2.45) is 15.4 Å². The van der Waals surface area contributed by atoms with E-state index in [1.165, 1.54) is 0 Å². The monoisotopic (exact) mass is 202 g/mol. The Hall–Kier alpha value is -1.51. The van der Waals surface area contributed by atoms with Gasteiger partial charge in [0, 0.05) is 11.0 Å². The molecule has 3 heteroatoms. The number of benzene rings is 1. The Labute approximate surface area is 88.6 Å². The van der Waals surface area contributed by atoms with Crippen LogP contribution in [0.3, 0.4) is 0 Å². The summed E-state index contributed by atoms with van der Waals surface area (Å²) < 4.78 is 0. The highest BCUT2D eigenvalue weighted by Gasteiger charge is 2.22. The number of hydrogen-bond acceptors (Lipinski definition) is 3. The minimum absolute atomic E-state index is 0.146. The van der Waals surface area contributed by atoms with Crippen LogP contribution in [0.1, 0.15) is 31.1 Å². The molecule has 0 aliphatic carbocycles. The second-order valence-electron chi connectivity index (χ2n) is 4.74. The lowest BCUT2D eigenvalue weighted by atomic mass is 9.86. The van der Waals surface area contributed by atoms with Crippen molar-refractivity contribution in [1.29, 1.82) is 0 Å². The van der Waals surface area contributed by atoms with Gasteiger partial charge in [0.1, 0.15) is 6.67 Å². The van der Waals surface area contributed by atoms with Gasteiger partial charge >= 0.3 is 0 Å². The zero-order chi connectivity index (χ0) is 11.1. The van der Waals surface area contributed by atoms with Crippen LogP contribution < -0.4 is 10.7 Å². The van der Waals surface area contributed by atoms with Crippen LogP contribution in [0, 0.1) is 5.41 Å². The summed E-state index contributed by atoms with van der Waals surface area (Å²) >= 11 is 0. The van der Waals surface area contributed by atoms with Gasteiger partial charge in [-0.15, -0.1) is 0 Å². The Morgan fingerprint density at radius 3 is 2.53 bits per heavy atom. The highest BCUT2D eigenvalue weighted by molar-refractivity contribution is 5.99. The Morgan fingerprint density at radius 1 is 1.20 bits per heavy atom. The van der Waals surface area contributed by atoms with Crippen molar-refractivity contribution >= 4 is 5.78 Å². The SMILES string of the molecule is CC(C)(C)C(=O)c1ccc2c(c1)=NCN=2. The molecule has 0 radical (unpaired) electrons. The van der Waals surface area contributed by atoms with Crippen molar-refractivity contribution in [2.75, 3.05) is 6.67 Å². The number of ketones is 1. The van der Waals surface area contributed by atoms with E-state index in [4.69, 9.17) is 0 Å². The van der Waals surface area contributed by atoms with Crippen LogP contribution in [0.15, 0.2) is 28.2 Å². The summed E-state index contributed by atoms with van der Waals surface area (Å²) in [5.74, 6) is 0.146. The average Bonchev–Trinajstić information content (AvgIpc) is 2.61. The molecule has 0 amide bonds. The maximum atomic E-state index is 12.0. The van der Waals surface area contributed by atoms with Gasteiger partial charge in [-0.1, -0.05) is 20.8 Å². The molecule has 0 spiro atoms. The van der Waals surface area contributed by atoms with Crippen molar-refractivity contribution in [3.63, 3.8) is 0 Å². The predicted octanol–water partition coefficient (Wildman–Crippen LogP) is 1.13. The van der Waals surface area contributed by atoms with E-state index in [0.717, 1.165) is 16.3 Å². The Kier molecular flexibility index (Phi) is 2.18. The number of nitrogens with zero attached hydrogens (tertiary/aromatic N) is 2. The molecule has 0 aromatic heterocycles. The van der Waals surface area contributed by atoms with Crippen LogP contribution in [0.25, 0.3) is 0 Å².